The Morgan fingerprint density at radius 1 is 1.80 bits per heavy atom. The Morgan fingerprint density at radius 2 is 2.40 bits per heavy atom. The lowest BCUT2D eigenvalue weighted by Gasteiger charge is -1.82. The molecule has 1 aromatic heterocycles. The number of hydrogen-bond donors (Lipinski definition) is 1. The zero-order valence-corrected chi connectivity index (χ0v) is 6.68. The van der Waals surface area contributed by atoms with Crippen LogP contribution in [-0.4, -0.2) is 10.4 Å². The molecule has 0 unspecified atom stereocenters. The molecule has 0 aliphatic heterocycles. The summed E-state index contributed by atoms with van der Waals surface area (Å²) in [5.74, 6) is 0.421. The summed E-state index contributed by atoms with van der Waals surface area (Å²) in [5.41, 5.74) is 0.247. The fourth-order valence-electron chi connectivity index (χ4n) is 0.612. The quantitative estimate of drug-likeness (QED) is 0.528. The lowest BCUT2D eigenvalue weighted by Crippen LogP contribution is -1.88. The molecule has 0 saturated carbocycles. The third-order valence-electron chi connectivity index (χ3n) is 1.07. The van der Waals surface area contributed by atoms with Crippen molar-refractivity contribution in [3.63, 3.8) is 0 Å². The molecule has 1 rings (SSSR count). The lowest BCUT2D eigenvalue weighted by molar-refractivity contribution is 0.107. The molecule has 0 atom stereocenters. The van der Waals surface area contributed by atoms with E-state index in [-0.39, 0.29) is 10.2 Å². The largest absolute Gasteiger partial charge is 0.385 e. The second-order valence-electron chi connectivity index (χ2n) is 1.74. The predicted octanol–water partition coefficient (Wildman–Crippen LogP) is 2.02. The highest BCUT2D eigenvalue weighted by Crippen LogP contribution is 2.10. The molecule has 0 amide bonds. The first kappa shape index (κ1) is 7.50. The smallest absolute Gasteiger partial charge is 0.259 e. The topological polar surface area (TPSA) is 46.0 Å². The molecular formula is C5H4ClNO2S. The Labute approximate surface area is 67.0 Å². The summed E-state index contributed by atoms with van der Waals surface area (Å²) < 4.78 is 4.97. The maximum Gasteiger partial charge on any atom is 0.259 e. The lowest BCUT2D eigenvalue weighted by atomic mass is 10.3. The van der Waals surface area contributed by atoms with Gasteiger partial charge < -0.3 is 4.52 Å². The van der Waals surface area contributed by atoms with E-state index in [1.807, 2.05) is 0 Å². The number of rotatable bonds is 1. The zero-order valence-electron chi connectivity index (χ0n) is 5.10. The van der Waals surface area contributed by atoms with Gasteiger partial charge in [0.2, 0.25) is 0 Å². The van der Waals surface area contributed by atoms with Crippen LogP contribution in [0, 0.1) is 11.6 Å². The summed E-state index contributed by atoms with van der Waals surface area (Å²) in [6.07, 6.45) is 0. The van der Waals surface area contributed by atoms with E-state index in [2.05, 4.69) is 5.16 Å². The molecule has 1 aromatic rings. The van der Waals surface area contributed by atoms with Gasteiger partial charge in [-0.1, -0.05) is 12.2 Å². The van der Waals surface area contributed by atoms with Crippen molar-refractivity contribution < 1.29 is 9.32 Å². The molecule has 1 N–H and O–H groups in total. The number of carbonyl (C=O) groups excluding carboxylic acids is 1. The average molecular weight is 178 g/mol. The summed E-state index contributed by atoms with van der Waals surface area (Å²) in [4.78, 5) is 10.6. The molecule has 3 nitrogen and oxygen atoms in total. The van der Waals surface area contributed by atoms with E-state index in [0.717, 1.165) is 0 Å². The zero-order chi connectivity index (χ0) is 7.72. The van der Waals surface area contributed by atoms with Crippen LogP contribution in [-0.2, 0) is 0 Å². The standard InChI is InChI=1S/C5H4ClNO2S/c1-2-3(4(6)8)5(10)7-9-2/h1H3,(H,7,10). The van der Waals surface area contributed by atoms with E-state index in [4.69, 9.17) is 28.3 Å². The van der Waals surface area contributed by atoms with E-state index in [1.165, 1.54) is 0 Å². The predicted molar refractivity (Wildman–Crippen MR) is 38.8 cm³/mol. The molecule has 0 saturated heterocycles. The highest BCUT2D eigenvalue weighted by Gasteiger charge is 2.11. The number of carbonyl (C=O) groups is 1. The number of halogens is 1. The number of hydrogen-bond acceptors (Lipinski definition) is 3. The van der Waals surface area contributed by atoms with Crippen LogP contribution in [0.3, 0.4) is 0 Å². The van der Waals surface area contributed by atoms with Crippen molar-refractivity contribution >= 4 is 29.1 Å². The van der Waals surface area contributed by atoms with Crippen LogP contribution in [0.5, 0.6) is 0 Å². The highest BCUT2D eigenvalue weighted by molar-refractivity contribution is 7.71. The van der Waals surface area contributed by atoms with Crippen molar-refractivity contribution in [3.8, 4) is 0 Å². The Morgan fingerprint density at radius 3 is 2.60 bits per heavy atom. The second-order valence-corrected chi connectivity index (χ2v) is 2.49. The van der Waals surface area contributed by atoms with Gasteiger partial charge in [0.1, 0.15) is 16.0 Å². The molecule has 5 heteroatoms. The first-order valence-electron chi connectivity index (χ1n) is 2.51. The summed E-state index contributed by atoms with van der Waals surface area (Å²) in [6.45, 7) is 1.61. The molecule has 10 heavy (non-hydrogen) atoms. The fourth-order valence-corrected chi connectivity index (χ4v) is 1.17. The van der Waals surface area contributed by atoms with Gasteiger partial charge in [-0.3, -0.25) is 4.79 Å². The van der Waals surface area contributed by atoms with Crippen LogP contribution < -0.4 is 0 Å². The van der Waals surface area contributed by atoms with Crippen molar-refractivity contribution in [1.82, 2.24) is 5.16 Å². The molecule has 0 aliphatic rings. The Bertz CT molecular complexity index is 314. The van der Waals surface area contributed by atoms with Gasteiger partial charge in [0.05, 0.1) is 0 Å². The van der Waals surface area contributed by atoms with Crippen molar-refractivity contribution in [2.24, 2.45) is 0 Å². The molecule has 54 valence electrons. The maximum atomic E-state index is 10.6. The van der Waals surface area contributed by atoms with Crippen molar-refractivity contribution in [2.75, 3.05) is 0 Å². The number of nitrogens with one attached hydrogen (secondary N) is 1. The Hall–Kier alpha value is -0.610. The summed E-state index contributed by atoms with van der Waals surface area (Å²) >= 11 is 9.86. The molecule has 0 bridgehead atoms. The monoisotopic (exact) mass is 177 g/mol. The number of aromatic amines is 1. The van der Waals surface area contributed by atoms with Crippen LogP contribution in [0.2, 0.25) is 0 Å². The van der Waals surface area contributed by atoms with Crippen molar-refractivity contribution in [1.29, 1.82) is 0 Å². The van der Waals surface area contributed by atoms with Gasteiger partial charge in [-0.05, 0) is 18.5 Å². The summed E-state index contributed by atoms with van der Waals surface area (Å²) in [6, 6.07) is 0. The van der Waals surface area contributed by atoms with Crippen LogP contribution in [0.4, 0.5) is 0 Å². The van der Waals surface area contributed by atoms with E-state index in [9.17, 15) is 4.79 Å². The van der Waals surface area contributed by atoms with Gasteiger partial charge >= 0.3 is 0 Å². The number of H-pyrrole nitrogens is 1. The molecule has 0 spiro atoms. The minimum absolute atomic E-state index is 0.247. The van der Waals surface area contributed by atoms with Gasteiger partial charge in [0.15, 0.2) is 0 Å². The third kappa shape index (κ3) is 1.12. The SMILES string of the molecule is Cc1o[nH]c(=S)c1C(=O)Cl. The molecule has 1 heterocycles. The molecule has 0 fully saturated rings. The first-order chi connectivity index (χ1) is 4.63. The van der Waals surface area contributed by atoms with Gasteiger partial charge in [0.25, 0.3) is 5.24 Å². The molecule has 0 aromatic carbocycles. The van der Waals surface area contributed by atoms with E-state index < -0.39 is 5.24 Å². The van der Waals surface area contributed by atoms with Gasteiger partial charge in [-0.2, -0.15) is 0 Å². The average Bonchev–Trinajstić information content (AvgIpc) is 2.11. The summed E-state index contributed by atoms with van der Waals surface area (Å²) in [5, 5.41) is 1.76. The van der Waals surface area contributed by atoms with Gasteiger partial charge in [-0.15, -0.1) is 0 Å². The Kier molecular flexibility index (Phi) is 1.92. The molecular weight excluding hydrogens is 174 g/mol. The highest BCUT2D eigenvalue weighted by atomic mass is 35.5. The van der Waals surface area contributed by atoms with Crippen LogP contribution in [0.15, 0.2) is 4.52 Å². The third-order valence-corrected chi connectivity index (χ3v) is 1.55. The van der Waals surface area contributed by atoms with Crippen molar-refractivity contribution in [3.05, 3.63) is 16.0 Å². The van der Waals surface area contributed by atoms with Gasteiger partial charge in [-0.25, -0.2) is 5.16 Å². The van der Waals surface area contributed by atoms with E-state index in [0.29, 0.717) is 5.76 Å². The van der Waals surface area contributed by atoms with Crippen LogP contribution in [0.1, 0.15) is 16.1 Å². The number of aromatic nitrogens is 1. The van der Waals surface area contributed by atoms with Crippen LogP contribution in [0.25, 0.3) is 0 Å². The minimum atomic E-state index is -0.590. The van der Waals surface area contributed by atoms with Crippen molar-refractivity contribution in [2.45, 2.75) is 6.92 Å². The number of aryl methyl sites for hydroxylation is 1. The van der Waals surface area contributed by atoms with Gasteiger partial charge in [0, 0.05) is 0 Å². The van der Waals surface area contributed by atoms with E-state index >= 15 is 0 Å². The fraction of sp³-hybridized carbons (Fsp3) is 0.200. The maximum absolute atomic E-state index is 10.6. The van der Waals surface area contributed by atoms with E-state index in [1.54, 1.807) is 6.92 Å². The normalized spacial score (nSPS) is 9.80. The minimum Gasteiger partial charge on any atom is -0.385 e. The van der Waals surface area contributed by atoms with Crippen LogP contribution >= 0.6 is 23.8 Å². The molecule has 0 radical (unpaired) electrons. The summed E-state index contributed by atoms with van der Waals surface area (Å²) in [7, 11) is 0. The Balaban J connectivity index is 3.37. The first-order valence-corrected chi connectivity index (χ1v) is 3.29. The molecule has 0 aliphatic carbocycles. The second kappa shape index (κ2) is 2.56.